The molecule has 0 aliphatic carbocycles. The van der Waals surface area contributed by atoms with Gasteiger partial charge in [0.15, 0.2) is 0 Å². The SMILES string of the molecule is O=C(NCCNC(=O)c1ccccc1Cl)NCCSCc1ccc(Br)s1. The lowest BCUT2D eigenvalue weighted by Gasteiger charge is -2.09. The molecule has 0 spiro atoms. The number of halogens is 2. The second kappa shape index (κ2) is 11.5. The van der Waals surface area contributed by atoms with E-state index in [0.29, 0.717) is 30.2 Å². The lowest BCUT2D eigenvalue weighted by molar-refractivity contribution is 0.0954. The lowest BCUT2D eigenvalue weighted by Crippen LogP contribution is -2.41. The molecule has 2 aromatic rings. The normalized spacial score (nSPS) is 10.4. The summed E-state index contributed by atoms with van der Waals surface area (Å²) in [6, 6.07) is 10.7. The molecular formula is C17H19BrClN3O2S2. The summed E-state index contributed by atoms with van der Waals surface area (Å²) in [7, 11) is 0. The third-order valence-electron chi connectivity index (χ3n) is 3.22. The summed E-state index contributed by atoms with van der Waals surface area (Å²) in [5.74, 6) is 1.52. The molecule has 1 heterocycles. The Morgan fingerprint density at radius 1 is 1.04 bits per heavy atom. The quantitative estimate of drug-likeness (QED) is 0.477. The van der Waals surface area contributed by atoms with Gasteiger partial charge in [0.2, 0.25) is 0 Å². The number of benzene rings is 1. The third kappa shape index (κ3) is 7.57. The van der Waals surface area contributed by atoms with Crippen LogP contribution in [0.5, 0.6) is 0 Å². The third-order valence-corrected chi connectivity index (χ3v) is 6.36. The van der Waals surface area contributed by atoms with Crippen molar-refractivity contribution in [2.24, 2.45) is 0 Å². The van der Waals surface area contributed by atoms with Gasteiger partial charge in [0, 0.05) is 36.0 Å². The van der Waals surface area contributed by atoms with Crippen molar-refractivity contribution in [3.63, 3.8) is 0 Å². The van der Waals surface area contributed by atoms with Crippen molar-refractivity contribution in [1.29, 1.82) is 0 Å². The molecule has 1 aromatic heterocycles. The Hall–Kier alpha value is -1.22. The zero-order valence-electron chi connectivity index (χ0n) is 13.9. The predicted octanol–water partition coefficient (Wildman–Crippen LogP) is 4.13. The van der Waals surface area contributed by atoms with E-state index in [0.717, 1.165) is 15.3 Å². The first-order valence-electron chi connectivity index (χ1n) is 7.92. The highest BCUT2D eigenvalue weighted by atomic mass is 79.9. The molecule has 2 rings (SSSR count). The van der Waals surface area contributed by atoms with Crippen LogP contribution < -0.4 is 16.0 Å². The van der Waals surface area contributed by atoms with Gasteiger partial charge < -0.3 is 16.0 Å². The zero-order chi connectivity index (χ0) is 18.8. The van der Waals surface area contributed by atoms with Gasteiger partial charge in [-0.15, -0.1) is 11.3 Å². The Bertz CT molecular complexity index is 742. The molecule has 9 heteroatoms. The fourth-order valence-corrected chi connectivity index (χ4v) is 4.67. The molecule has 0 aliphatic heterocycles. The number of hydrogen-bond donors (Lipinski definition) is 3. The van der Waals surface area contributed by atoms with Gasteiger partial charge >= 0.3 is 6.03 Å². The van der Waals surface area contributed by atoms with Crippen molar-refractivity contribution in [2.45, 2.75) is 5.75 Å². The van der Waals surface area contributed by atoms with Crippen LogP contribution in [0.15, 0.2) is 40.2 Å². The summed E-state index contributed by atoms with van der Waals surface area (Å²) in [6.45, 7) is 1.27. The molecular weight excluding hydrogens is 458 g/mol. The first kappa shape index (κ1) is 21.1. The minimum atomic E-state index is -0.255. The van der Waals surface area contributed by atoms with Gasteiger partial charge in [0.1, 0.15) is 0 Å². The average Bonchev–Trinajstić information content (AvgIpc) is 3.04. The van der Waals surface area contributed by atoms with Crippen LogP contribution in [0.4, 0.5) is 4.79 Å². The first-order valence-corrected chi connectivity index (χ1v) is 11.1. The molecule has 0 unspecified atom stereocenters. The number of carbonyl (C=O) groups is 2. The van der Waals surface area contributed by atoms with E-state index in [2.05, 4.69) is 37.9 Å². The Labute approximate surface area is 174 Å². The molecule has 1 aromatic carbocycles. The number of carbonyl (C=O) groups excluding carboxylic acids is 2. The molecule has 26 heavy (non-hydrogen) atoms. The van der Waals surface area contributed by atoms with Crippen molar-refractivity contribution in [1.82, 2.24) is 16.0 Å². The highest BCUT2D eigenvalue weighted by Crippen LogP contribution is 2.25. The number of thioether (sulfide) groups is 1. The standard InChI is InChI=1S/C17H19BrClN3O2S2/c18-15-6-5-12(26-15)11-25-10-9-22-17(24)21-8-7-20-16(23)13-3-1-2-4-14(13)19/h1-6H,7-11H2,(H,20,23)(H2,21,22,24). The van der Waals surface area contributed by atoms with Gasteiger partial charge in [-0.25, -0.2) is 4.79 Å². The highest BCUT2D eigenvalue weighted by Gasteiger charge is 2.08. The zero-order valence-corrected chi connectivity index (χ0v) is 17.9. The van der Waals surface area contributed by atoms with E-state index in [-0.39, 0.29) is 11.9 Å². The van der Waals surface area contributed by atoms with Crippen LogP contribution in [0.1, 0.15) is 15.2 Å². The van der Waals surface area contributed by atoms with Crippen LogP contribution in [-0.2, 0) is 5.75 Å². The van der Waals surface area contributed by atoms with Crippen LogP contribution in [0.3, 0.4) is 0 Å². The molecule has 3 N–H and O–H groups in total. The Kier molecular flexibility index (Phi) is 9.31. The summed E-state index contributed by atoms with van der Waals surface area (Å²) in [6.07, 6.45) is 0. The van der Waals surface area contributed by atoms with Gasteiger partial charge in [-0.3, -0.25) is 4.79 Å². The van der Waals surface area contributed by atoms with E-state index in [4.69, 9.17) is 11.6 Å². The number of amides is 3. The van der Waals surface area contributed by atoms with E-state index in [1.165, 1.54) is 4.88 Å². The summed E-state index contributed by atoms with van der Waals surface area (Å²) < 4.78 is 1.13. The monoisotopic (exact) mass is 475 g/mol. The van der Waals surface area contributed by atoms with Crippen LogP contribution in [0.2, 0.25) is 5.02 Å². The van der Waals surface area contributed by atoms with Crippen molar-refractivity contribution in [3.8, 4) is 0 Å². The van der Waals surface area contributed by atoms with E-state index in [9.17, 15) is 9.59 Å². The number of hydrogen-bond acceptors (Lipinski definition) is 4. The van der Waals surface area contributed by atoms with E-state index >= 15 is 0 Å². The molecule has 0 atom stereocenters. The number of thiophene rings is 1. The first-order chi connectivity index (χ1) is 12.6. The lowest BCUT2D eigenvalue weighted by atomic mass is 10.2. The summed E-state index contributed by atoms with van der Waals surface area (Å²) >= 11 is 12.9. The van der Waals surface area contributed by atoms with Gasteiger partial charge in [0.25, 0.3) is 5.91 Å². The second-order valence-corrected chi connectivity index (χ2v) is 9.24. The molecule has 0 saturated heterocycles. The van der Waals surface area contributed by atoms with Gasteiger partial charge in [-0.2, -0.15) is 11.8 Å². The molecule has 0 bridgehead atoms. The van der Waals surface area contributed by atoms with Crippen LogP contribution in [0.25, 0.3) is 0 Å². The summed E-state index contributed by atoms with van der Waals surface area (Å²) in [5.41, 5.74) is 0.424. The Morgan fingerprint density at radius 2 is 1.77 bits per heavy atom. The molecule has 0 saturated carbocycles. The molecule has 3 amide bonds. The van der Waals surface area contributed by atoms with E-state index in [1.54, 1.807) is 47.4 Å². The fourth-order valence-electron chi connectivity index (χ4n) is 1.99. The van der Waals surface area contributed by atoms with Crippen molar-refractivity contribution in [2.75, 3.05) is 25.4 Å². The molecule has 5 nitrogen and oxygen atoms in total. The largest absolute Gasteiger partial charge is 0.350 e. The number of rotatable bonds is 9. The highest BCUT2D eigenvalue weighted by molar-refractivity contribution is 9.11. The van der Waals surface area contributed by atoms with Crippen molar-refractivity contribution < 1.29 is 9.59 Å². The topological polar surface area (TPSA) is 70.2 Å². The van der Waals surface area contributed by atoms with Crippen molar-refractivity contribution in [3.05, 3.63) is 55.6 Å². The van der Waals surface area contributed by atoms with E-state index < -0.39 is 0 Å². The molecule has 140 valence electrons. The molecule has 0 radical (unpaired) electrons. The maximum absolute atomic E-state index is 11.9. The Morgan fingerprint density at radius 3 is 2.50 bits per heavy atom. The minimum Gasteiger partial charge on any atom is -0.350 e. The van der Waals surface area contributed by atoms with Crippen LogP contribution >= 0.6 is 50.6 Å². The Balaban J connectivity index is 1.51. The van der Waals surface area contributed by atoms with Crippen molar-refractivity contribution >= 4 is 62.6 Å². The van der Waals surface area contributed by atoms with Gasteiger partial charge in [-0.05, 0) is 40.2 Å². The van der Waals surface area contributed by atoms with Crippen LogP contribution in [0, 0.1) is 0 Å². The average molecular weight is 477 g/mol. The van der Waals surface area contributed by atoms with E-state index in [1.807, 2.05) is 6.07 Å². The number of urea groups is 1. The summed E-state index contributed by atoms with van der Waals surface area (Å²) in [5, 5.41) is 8.62. The summed E-state index contributed by atoms with van der Waals surface area (Å²) in [4.78, 5) is 24.9. The minimum absolute atomic E-state index is 0.239. The second-order valence-electron chi connectivity index (χ2n) is 5.18. The maximum Gasteiger partial charge on any atom is 0.314 e. The maximum atomic E-state index is 11.9. The smallest absolute Gasteiger partial charge is 0.314 e. The fraction of sp³-hybridized carbons (Fsp3) is 0.294. The molecule has 0 fully saturated rings. The van der Waals surface area contributed by atoms with Gasteiger partial charge in [0.05, 0.1) is 14.4 Å². The van der Waals surface area contributed by atoms with Gasteiger partial charge in [-0.1, -0.05) is 23.7 Å². The molecule has 0 aliphatic rings. The predicted molar refractivity (Wildman–Crippen MR) is 113 cm³/mol. The van der Waals surface area contributed by atoms with Crippen LogP contribution in [-0.4, -0.2) is 37.3 Å². The number of nitrogens with one attached hydrogen (secondary N) is 3.